The van der Waals surface area contributed by atoms with Gasteiger partial charge in [0.05, 0.1) is 27.0 Å². The summed E-state index contributed by atoms with van der Waals surface area (Å²) in [5.74, 6) is 1.93. The summed E-state index contributed by atoms with van der Waals surface area (Å²) in [5.41, 5.74) is 10.5. The SMILES string of the molecule is CCOc1ccc(C2CC(C(=O)N/N=C/c3cc(OC)ccc3OC)NN2)cc1. The smallest absolute Gasteiger partial charge is 0.258 e. The minimum Gasteiger partial charge on any atom is -0.497 e. The Morgan fingerprint density at radius 3 is 2.59 bits per heavy atom. The van der Waals surface area contributed by atoms with Crippen LogP contribution in [-0.2, 0) is 4.79 Å². The van der Waals surface area contributed by atoms with Crippen molar-refractivity contribution >= 4 is 12.1 Å². The van der Waals surface area contributed by atoms with Crippen LogP contribution in [0.25, 0.3) is 0 Å². The number of hydrogen-bond acceptors (Lipinski definition) is 7. The van der Waals surface area contributed by atoms with E-state index in [4.69, 9.17) is 14.2 Å². The fourth-order valence-corrected chi connectivity index (χ4v) is 3.09. The van der Waals surface area contributed by atoms with Crippen LogP contribution in [-0.4, -0.2) is 39.0 Å². The zero-order valence-electron chi connectivity index (χ0n) is 16.8. The Hall–Kier alpha value is -3.10. The molecule has 1 aliphatic heterocycles. The van der Waals surface area contributed by atoms with E-state index >= 15 is 0 Å². The van der Waals surface area contributed by atoms with Crippen LogP contribution in [0.3, 0.4) is 0 Å². The van der Waals surface area contributed by atoms with E-state index in [2.05, 4.69) is 21.4 Å². The number of hydrazine groups is 1. The zero-order valence-corrected chi connectivity index (χ0v) is 16.8. The molecule has 8 heteroatoms. The lowest BCUT2D eigenvalue weighted by atomic mass is 10.0. The van der Waals surface area contributed by atoms with Gasteiger partial charge >= 0.3 is 0 Å². The Labute approximate surface area is 170 Å². The average molecular weight is 398 g/mol. The summed E-state index contributed by atoms with van der Waals surface area (Å²) in [6.45, 7) is 2.58. The van der Waals surface area contributed by atoms with Gasteiger partial charge < -0.3 is 14.2 Å². The summed E-state index contributed by atoms with van der Waals surface area (Å²) in [7, 11) is 3.16. The van der Waals surface area contributed by atoms with Crippen LogP contribution in [0.4, 0.5) is 0 Å². The molecule has 154 valence electrons. The standard InChI is InChI=1S/C21H26N4O4/c1-4-29-16-7-5-14(6-8-16)18-12-19(24-23-18)21(26)25-22-13-15-11-17(27-2)9-10-20(15)28-3/h5-11,13,18-19,23-24H,4,12H2,1-3H3,(H,25,26)/b22-13+. The van der Waals surface area contributed by atoms with Crippen LogP contribution in [0, 0.1) is 0 Å². The van der Waals surface area contributed by atoms with Crippen molar-refractivity contribution in [2.45, 2.75) is 25.4 Å². The van der Waals surface area contributed by atoms with Crippen molar-refractivity contribution in [3.63, 3.8) is 0 Å². The normalized spacial score (nSPS) is 18.6. The Morgan fingerprint density at radius 1 is 1.14 bits per heavy atom. The van der Waals surface area contributed by atoms with Crippen LogP contribution in [0.2, 0.25) is 0 Å². The number of carbonyl (C=O) groups excluding carboxylic acids is 1. The second-order valence-corrected chi connectivity index (χ2v) is 6.47. The van der Waals surface area contributed by atoms with Crippen LogP contribution >= 0.6 is 0 Å². The summed E-state index contributed by atoms with van der Waals surface area (Å²) in [6, 6.07) is 12.9. The fourth-order valence-electron chi connectivity index (χ4n) is 3.09. The van der Waals surface area contributed by atoms with E-state index in [0.29, 0.717) is 30.1 Å². The molecule has 1 amide bonds. The summed E-state index contributed by atoms with van der Waals surface area (Å²) >= 11 is 0. The molecular formula is C21H26N4O4. The highest BCUT2D eigenvalue weighted by molar-refractivity contribution is 5.87. The maximum absolute atomic E-state index is 12.4. The Morgan fingerprint density at radius 2 is 1.90 bits per heavy atom. The molecule has 0 aliphatic carbocycles. The quantitative estimate of drug-likeness (QED) is 0.466. The third kappa shape index (κ3) is 5.24. The second-order valence-electron chi connectivity index (χ2n) is 6.47. The molecule has 0 bridgehead atoms. The first-order valence-electron chi connectivity index (χ1n) is 9.43. The van der Waals surface area contributed by atoms with E-state index in [-0.39, 0.29) is 11.9 Å². The summed E-state index contributed by atoms with van der Waals surface area (Å²) < 4.78 is 16.0. The number of amides is 1. The predicted molar refractivity (Wildman–Crippen MR) is 110 cm³/mol. The van der Waals surface area contributed by atoms with E-state index in [1.807, 2.05) is 31.2 Å². The molecule has 0 aromatic heterocycles. The maximum atomic E-state index is 12.4. The van der Waals surface area contributed by atoms with E-state index in [1.165, 1.54) is 6.21 Å². The summed E-state index contributed by atoms with van der Waals surface area (Å²) in [6.07, 6.45) is 2.14. The van der Waals surface area contributed by atoms with Gasteiger partial charge in [-0.3, -0.25) is 4.79 Å². The van der Waals surface area contributed by atoms with Crippen LogP contribution in [0.5, 0.6) is 17.2 Å². The molecule has 1 fully saturated rings. The van der Waals surface area contributed by atoms with Crippen molar-refractivity contribution in [1.82, 2.24) is 16.3 Å². The van der Waals surface area contributed by atoms with Crippen molar-refractivity contribution in [3.8, 4) is 17.2 Å². The molecule has 1 aliphatic rings. The van der Waals surface area contributed by atoms with Crippen molar-refractivity contribution in [2.75, 3.05) is 20.8 Å². The third-order valence-corrected chi connectivity index (χ3v) is 4.63. The number of hydrogen-bond donors (Lipinski definition) is 3. The van der Waals surface area contributed by atoms with E-state index in [9.17, 15) is 4.79 Å². The van der Waals surface area contributed by atoms with Gasteiger partial charge in [0.25, 0.3) is 5.91 Å². The number of rotatable bonds is 8. The highest BCUT2D eigenvalue weighted by atomic mass is 16.5. The molecule has 0 saturated carbocycles. The van der Waals surface area contributed by atoms with Gasteiger partial charge in [-0.05, 0) is 49.2 Å². The molecular weight excluding hydrogens is 372 g/mol. The Kier molecular flexibility index (Phi) is 7.04. The maximum Gasteiger partial charge on any atom is 0.258 e. The molecule has 3 rings (SSSR count). The van der Waals surface area contributed by atoms with Crippen molar-refractivity contribution < 1.29 is 19.0 Å². The Bertz CT molecular complexity index is 854. The first-order valence-corrected chi connectivity index (χ1v) is 9.43. The molecule has 0 radical (unpaired) electrons. The first kappa shape index (κ1) is 20.6. The molecule has 8 nitrogen and oxygen atoms in total. The first-order chi connectivity index (χ1) is 14.1. The Balaban J connectivity index is 1.56. The van der Waals surface area contributed by atoms with Crippen molar-refractivity contribution in [3.05, 3.63) is 53.6 Å². The molecule has 29 heavy (non-hydrogen) atoms. The number of nitrogens with one attached hydrogen (secondary N) is 3. The van der Waals surface area contributed by atoms with Gasteiger partial charge in [0, 0.05) is 11.6 Å². The molecule has 0 spiro atoms. The molecule has 2 atom stereocenters. The number of benzene rings is 2. The summed E-state index contributed by atoms with van der Waals surface area (Å²) in [4.78, 5) is 12.4. The van der Waals surface area contributed by atoms with E-state index in [0.717, 1.165) is 11.3 Å². The van der Waals surface area contributed by atoms with E-state index < -0.39 is 6.04 Å². The lowest BCUT2D eigenvalue weighted by Crippen LogP contribution is -2.41. The molecule has 3 N–H and O–H groups in total. The molecule has 2 aromatic carbocycles. The molecule has 2 unspecified atom stereocenters. The van der Waals surface area contributed by atoms with Crippen LogP contribution in [0.1, 0.15) is 30.5 Å². The zero-order chi connectivity index (χ0) is 20.6. The number of methoxy groups -OCH3 is 2. The van der Waals surface area contributed by atoms with Gasteiger partial charge in [0.2, 0.25) is 0 Å². The second kappa shape index (κ2) is 9.90. The van der Waals surface area contributed by atoms with Gasteiger partial charge in [-0.2, -0.15) is 5.10 Å². The number of nitrogens with zero attached hydrogens (tertiary/aromatic N) is 1. The molecule has 2 aromatic rings. The van der Waals surface area contributed by atoms with Gasteiger partial charge in [-0.15, -0.1) is 0 Å². The average Bonchev–Trinajstić information content (AvgIpc) is 3.25. The number of carbonyl (C=O) groups is 1. The highest BCUT2D eigenvalue weighted by Crippen LogP contribution is 2.25. The van der Waals surface area contributed by atoms with Gasteiger partial charge in [-0.25, -0.2) is 16.3 Å². The monoisotopic (exact) mass is 398 g/mol. The fraction of sp³-hybridized carbons (Fsp3) is 0.333. The van der Waals surface area contributed by atoms with Crippen molar-refractivity contribution in [2.24, 2.45) is 5.10 Å². The molecule has 1 heterocycles. The van der Waals surface area contributed by atoms with Gasteiger partial charge in [-0.1, -0.05) is 12.1 Å². The molecule has 1 saturated heterocycles. The topological polar surface area (TPSA) is 93.2 Å². The number of ether oxygens (including phenoxy) is 3. The lowest BCUT2D eigenvalue weighted by Gasteiger charge is -2.10. The minimum absolute atomic E-state index is 0.0314. The van der Waals surface area contributed by atoms with Crippen LogP contribution in [0.15, 0.2) is 47.6 Å². The third-order valence-electron chi connectivity index (χ3n) is 4.63. The minimum atomic E-state index is -0.393. The predicted octanol–water partition coefficient (Wildman–Crippen LogP) is 2.16. The highest BCUT2D eigenvalue weighted by Gasteiger charge is 2.30. The van der Waals surface area contributed by atoms with Crippen LogP contribution < -0.4 is 30.5 Å². The van der Waals surface area contributed by atoms with Crippen molar-refractivity contribution in [1.29, 1.82) is 0 Å². The largest absolute Gasteiger partial charge is 0.497 e. The van der Waals surface area contributed by atoms with Gasteiger partial charge in [0.1, 0.15) is 23.3 Å². The summed E-state index contributed by atoms with van der Waals surface area (Å²) in [5, 5.41) is 4.06. The lowest BCUT2D eigenvalue weighted by molar-refractivity contribution is -0.122. The number of hydrazone groups is 1. The van der Waals surface area contributed by atoms with E-state index in [1.54, 1.807) is 32.4 Å². The van der Waals surface area contributed by atoms with Gasteiger partial charge in [0.15, 0.2) is 0 Å².